The fraction of sp³-hybridized carbons (Fsp3) is 0.533. The van der Waals surface area contributed by atoms with Gasteiger partial charge in [0, 0.05) is 24.7 Å². The Morgan fingerprint density at radius 2 is 2.10 bits per heavy atom. The SMILES string of the molecule is COc1ccc(C(N)=S)c(N2CCC(C(C)O)CC2)c1. The van der Waals surface area contributed by atoms with Crippen LogP contribution in [0.2, 0.25) is 0 Å². The molecular formula is C15H22N2O2S. The van der Waals surface area contributed by atoms with Gasteiger partial charge in [-0.2, -0.15) is 0 Å². The molecule has 0 radical (unpaired) electrons. The lowest BCUT2D eigenvalue weighted by Gasteiger charge is -2.35. The molecule has 0 aromatic heterocycles. The van der Waals surface area contributed by atoms with E-state index in [1.807, 2.05) is 25.1 Å². The lowest BCUT2D eigenvalue weighted by atomic mass is 9.91. The number of nitrogens with two attached hydrogens (primary N) is 1. The van der Waals surface area contributed by atoms with Crippen LogP contribution in [0, 0.1) is 5.92 Å². The van der Waals surface area contributed by atoms with Crippen LogP contribution in [0.5, 0.6) is 5.75 Å². The lowest BCUT2D eigenvalue weighted by molar-refractivity contribution is 0.110. The van der Waals surface area contributed by atoms with Crippen LogP contribution in [0.25, 0.3) is 0 Å². The van der Waals surface area contributed by atoms with Crippen LogP contribution >= 0.6 is 12.2 Å². The van der Waals surface area contributed by atoms with Gasteiger partial charge in [0.05, 0.1) is 18.9 Å². The first-order chi connectivity index (χ1) is 9.52. The third kappa shape index (κ3) is 3.22. The zero-order chi connectivity index (χ0) is 14.7. The normalized spacial score (nSPS) is 17.9. The molecule has 1 aliphatic rings. The Hall–Kier alpha value is -1.33. The van der Waals surface area contributed by atoms with E-state index in [-0.39, 0.29) is 6.10 Å². The third-order valence-corrected chi connectivity index (χ3v) is 4.25. The minimum absolute atomic E-state index is 0.238. The number of aliphatic hydroxyl groups excluding tert-OH is 1. The first kappa shape index (κ1) is 15.1. The lowest BCUT2D eigenvalue weighted by Crippen LogP contribution is -2.38. The molecule has 5 heteroatoms. The summed E-state index contributed by atoms with van der Waals surface area (Å²) in [4.78, 5) is 2.68. The van der Waals surface area contributed by atoms with E-state index in [0.29, 0.717) is 10.9 Å². The molecule has 0 saturated carbocycles. The van der Waals surface area contributed by atoms with Crippen LogP contribution in [0.1, 0.15) is 25.3 Å². The molecule has 1 aromatic carbocycles. The van der Waals surface area contributed by atoms with Gasteiger partial charge >= 0.3 is 0 Å². The number of thiocarbonyl (C=S) groups is 1. The van der Waals surface area contributed by atoms with Crippen LogP contribution in [0.4, 0.5) is 5.69 Å². The zero-order valence-electron chi connectivity index (χ0n) is 12.0. The molecular weight excluding hydrogens is 272 g/mol. The quantitative estimate of drug-likeness (QED) is 0.831. The minimum atomic E-state index is -0.238. The number of methoxy groups -OCH3 is 1. The fourth-order valence-corrected chi connectivity index (χ4v) is 2.90. The Kier molecular flexibility index (Phi) is 4.83. The third-order valence-electron chi connectivity index (χ3n) is 4.03. The zero-order valence-corrected chi connectivity index (χ0v) is 12.8. The molecule has 1 heterocycles. The smallest absolute Gasteiger partial charge is 0.120 e. The molecule has 1 aromatic rings. The second kappa shape index (κ2) is 6.41. The Labute approximate surface area is 125 Å². The average molecular weight is 294 g/mol. The highest BCUT2D eigenvalue weighted by Crippen LogP contribution is 2.30. The van der Waals surface area contributed by atoms with E-state index < -0.39 is 0 Å². The van der Waals surface area contributed by atoms with Crippen LogP contribution in [0.3, 0.4) is 0 Å². The topological polar surface area (TPSA) is 58.7 Å². The highest BCUT2D eigenvalue weighted by Gasteiger charge is 2.24. The van der Waals surface area contributed by atoms with Crippen LogP contribution in [-0.2, 0) is 0 Å². The van der Waals surface area contributed by atoms with E-state index in [0.717, 1.165) is 42.9 Å². The monoisotopic (exact) mass is 294 g/mol. The van der Waals surface area contributed by atoms with E-state index in [4.69, 9.17) is 22.7 Å². The van der Waals surface area contributed by atoms with E-state index in [9.17, 15) is 5.11 Å². The molecule has 0 bridgehead atoms. The standard InChI is InChI=1S/C15H22N2O2S/c1-10(18)11-5-7-17(8-6-11)14-9-12(19-2)3-4-13(14)15(16)20/h3-4,9-11,18H,5-8H2,1-2H3,(H2,16,20). The first-order valence-electron chi connectivity index (χ1n) is 6.93. The van der Waals surface area contributed by atoms with Crippen molar-refractivity contribution >= 4 is 22.9 Å². The van der Waals surface area contributed by atoms with Crippen molar-refractivity contribution in [1.29, 1.82) is 0 Å². The van der Waals surface area contributed by atoms with Crippen LogP contribution < -0.4 is 15.4 Å². The molecule has 110 valence electrons. The molecule has 0 spiro atoms. The molecule has 1 unspecified atom stereocenters. The fourth-order valence-electron chi connectivity index (χ4n) is 2.73. The second-order valence-electron chi connectivity index (χ2n) is 5.31. The van der Waals surface area contributed by atoms with Crippen molar-refractivity contribution in [2.75, 3.05) is 25.1 Å². The van der Waals surface area contributed by atoms with Gasteiger partial charge in [-0.1, -0.05) is 12.2 Å². The van der Waals surface area contributed by atoms with Gasteiger partial charge in [-0.25, -0.2) is 0 Å². The maximum Gasteiger partial charge on any atom is 0.120 e. The van der Waals surface area contributed by atoms with Gasteiger partial charge in [0.25, 0.3) is 0 Å². The molecule has 1 aliphatic heterocycles. The predicted molar refractivity (Wildman–Crippen MR) is 85.5 cm³/mol. The van der Waals surface area contributed by atoms with Gasteiger partial charge in [0.1, 0.15) is 10.7 Å². The molecule has 3 N–H and O–H groups in total. The first-order valence-corrected chi connectivity index (χ1v) is 7.34. The number of ether oxygens (including phenoxy) is 1. The van der Waals surface area contributed by atoms with Crippen molar-refractivity contribution < 1.29 is 9.84 Å². The number of hydrogen-bond donors (Lipinski definition) is 2. The molecule has 0 aliphatic carbocycles. The summed E-state index contributed by atoms with van der Waals surface area (Å²) >= 11 is 5.13. The van der Waals surface area contributed by atoms with Gasteiger partial charge < -0.3 is 20.5 Å². The van der Waals surface area contributed by atoms with E-state index >= 15 is 0 Å². The summed E-state index contributed by atoms with van der Waals surface area (Å²) in [6.07, 6.45) is 1.72. The van der Waals surface area contributed by atoms with Crippen molar-refractivity contribution in [2.24, 2.45) is 11.7 Å². The Bertz CT molecular complexity index is 483. The summed E-state index contributed by atoms with van der Waals surface area (Å²) in [5.41, 5.74) is 7.73. The Balaban J connectivity index is 2.21. The van der Waals surface area contributed by atoms with E-state index in [1.54, 1.807) is 7.11 Å². The van der Waals surface area contributed by atoms with E-state index in [2.05, 4.69) is 4.90 Å². The number of rotatable bonds is 4. The van der Waals surface area contributed by atoms with Gasteiger partial charge in [0.15, 0.2) is 0 Å². The maximum absolute atomic E-state index is 9.68. The van der Waals surface area contributed by atoms with Crippen molar-refractivity contribution in [3.63, 3.8) is 0 Å². The van der Waals surface area contributed by atoms with Gasteiger partial charge in [-0.15, -0.1) is 0 Å². The van der Waals surface area contributed by atoms with Gasteiger partial charge in [-0.3, -0.25) is 0 Å². The van der Waals surface area contributed by atoms with Crippen molar-refractivity contribution in [1.82, 2.24) is 0 Å². The summed E-state index contributed by atoms with van der Waals surface area (Å²) in [6.45, 7) is 3.67. The van der Waals surface area contributed by atoms with Crippen molar-refractivity contribution in [2.45, 2.75) is 25.9 Å². The molecule has 1 atom stereocenters. The molecule has 4 nitrogen and oxygen atoms in total. The molecule has 20 heavy (non-hydrogen) atoms. The molecule has 2 rings (SSSR count). The second-order valence-corrected chi connectivity index (χ2v) is 5.75. The van der Waals surface area contributed by atoms with E-state index in [1.165, 1.54) is 0 Å². The summed E-state index contributed by atoms with van der Waals surface area (Å²) in [5, 5.41) is 9.68. The molecule has 1 saturated heterocycles. The van der Waals surface area contributed by atoms with Crippen LogP contribution in [0.15, 0.2) is 18.2 Å². The van der Waals surface area contributed by atoms with Crippen LogP contribution in [-0.4, -0.2) is 36.4 Å². The van der Waals surface area contributed by atoms with Gasteiger partial charge in [0.2, 0.25) is 0 Å². The van der Waals surface area contributed by atoms with Crippen molar-refractivity contribution in [3.05, 3.63) is 23.8 Å². The number of hydrogen-bond acceptors (Lipinski definition) is 4. The molecule has 0 amide bonds. The highest BCUT2D eigenvalue weighted by molar-refractivity contribution is 7.80. The summed E-state index contributed by atoms with van der Waals surface area (Å²) < 4.78 is 5.29. The van der Waals surface area contributed by atoms with Gasteiger partial charge in [-0.05, 0) is 37.8 Å². The summed E-state index contributed by atoms with van der Waals surface area (Å²) in [6, 6.07) is 5.77. The molecule has 1 fully saturated rings. The summed E-state index contributed by atoms with van der Waals surface area (Å²) in [5.74, 6) is 1.18. The minimum Gasteiger partial charge on any atom is -0.497 e. The number of piperidine rings is 1. The number of benzene rings is 1. The Morgan fingerprint density at radius 3 is 2.60 bits per heavy atom. The Morgan fingerprint density at radius 1 is 1.45 bits per heavy atom. The predicted octanol–water partition coefficient (Wildman–Crippen LogP) is 1.93. The summed E-state index contributed by atoms with van der Waals surface area (Å²) in [7, 11) is 1.65. The number of anilines is 1. The number of nitrogens with zero attached hydrogens (tertiary/aromatic N) is 1. The van der Waals surface area contributed by atoms with Crippen molar-refractivity contribution in [3.8, 4) is 5.75 Å². The highest BCUT2D eigenvalue weighted by atomic mass is 32.1. The average Bonchev–Trinajstić information content (AvgIpc) is 2.46. The largest absolute Gasteiger partial charge is 0.497 e. The maximum atomic E-state index is 9.68. The number of aliphatic hydroxyl groups is 1.